The van der Waals surface area contributed by atoms with E-state index in [4.69, 9.17) is 28.5 Å². The zero-order valence-corrected chi connectivity index (χ0v) is 24.7. The molecule has 1 fully saturated rings. The number of amides is 1. The quantitative estimate of drug-likeness (QED) is 0.371. The predicted molar refractivity (Wildman–Crippen MR) is 126 cm³/mol. The number of nitriles is 1. The van der Waals surface area contributed by atoms with Crippen LogP contribution in [0.4, 0.5) is 4.39 Å². The molecule has 1 saturated heterocycles. The summed E-state index contributed by atoms with van der Waals surface area (Å²) in [5, 5.41) is 10.2. The largest absolute Gasteiger partial charge is 2.00 e. The van der Waals surface area contributed by atoms with E-state index < -0.39 is 21.7 Å². The Morgan fingerprint density at radius 3 is 2.20 bits per heavy atom. The van der Waals surface area contributed by atoms with Crippen LogP contribution in [0.25, 0.3) is 0 Å². The molecule has 1 heterocycles. The van der Waals surface area contributed by atoms with E-state index in [1.807, 2.05) is 6.07 Å². The summed E-state index contributed by atoms with van der Waals surface area (Å²) in [5.41, 5.74) is 0.203. The van der Waals surface area contributed by atoms with Crippen molar-refractivity contribution in [1.29, 1.82) is 5.26 Å². The predicted octanol–water partition coefficient (Wildman–Crippen LogP) is 4.44. The third-order valence-electron chi connectivity index (χ3n) is 4.87. The van der Waals surface area contributed by atoms with Crippen molar-refractivity contribution in [3.63, 3.8) is 0 Å². The Morgan fingerprint density at radius 2 is 1.66 bits per heavy atom. The molecule has 0 N–H and O–H groups in total. The number of hydrogen-bond donors (Lipinski definition) is 0. The van der Waals surface area contributed by atoms with Crippen LogP contribution in [0.2, 0.25) is 10.0 Å². The second-order valence-electron chi connectivity index (χ2n) is 7.10. The van der Waals surface area contributed by atoms with Gasteiger partial charge in [-0.3, -0.25) is 4.79 Å². The molecular formula is C24H18Cl2FN3O3SU. The molecule has 3 aromatic carbocycles. The first kappa shape index (κ1) is 29.3. The molecule has 3 aromatic rings. The van der Waals surface area contributed by atoms with Crippen molar-refractivity contribution in [3.05, 3.63) is 99.8 Å². The summed E-state index contributed by atoms with van der Waals surface area (Å²) in [6.07, 6.45) is 0. The van der Waals surface area contributed by atoms with Gasteiger partial charge in [0.1, 0.15) is 5.82 Å². The monoisotopic (exact) mass is 755 g/mol. The maximum absolute atomic E-state index is 13.8. The molecule has 1 aliphatic rings. The Kier molecular flexibility index (Phi) is 11.2. The molecule has 0 aliphatic carbocycles. The summed E-state index contributed by atoms with van der Waals surface area (Å²) >= 11 is 11.1. The zero-order valence-electron chi connectivity index (χ0n) is 18.2. The third-order valence-corrected chi connectivity index (χ3v) is 7.14. The number of sulfonamides is 1. The van der Waals surface area contributed by atoms with Gasteiger partial charge in [-0.25, -0.2) is 12.8 Å². The fourth-order valence-corrected chi connectivity index (χ4v) is 4.99. The molecule has 11 heteroatoms. The summed E-state index contributed by atoms with van der Waals surface area (Å²) in [7, 11) is -3.80. The maximum Gasteiger partial charge on any atom is 2.00 e. The van der Waals surface area contributed by atoms with Crippen molar-refractivity contribution in [3.8, 4) is 6.07 Å². The molecule has 4 rings (SSSR count). The van der Waals surface area contributed by atoms with Crippen LogP contribution in [0.3, 0.4) is 0 Å². The van der Waals surface area contributed by atoms with Gasteiger partial charge < -0.3 is 4.90 Å². The van der Waals surface area contributed by atoms with Gasteiger partial charge in [-0.1, -0.05) is 27.7 Å². The fourth-order valence-electron chi connectivity index (χ4n) is 3.15. The Labute approximate surface area is 237 Å². The van der Waals surface area contributed by atoms with Gasteiger partial charge >= 0.3 is 31.1 Å². The fraction of sp³-hybridized carbons (Fsp3) is 0.167. The topological polar surface area (TPSA) is 81.5 Å². The Hall–Kier alpha value is -1.91. The number of rotatable bonds is 3. The van der Waals surface area contributed by atoms with E-state index in [1.54, 1.807) is 24.3 Å². The molecule has 0 saturated carbocycles. The number of halogens is 3. The molecule has 35 heavy (non-hydrogen) atoms. The first-order valence-electron chi connectivity index (χ1n) is 10.0. The first-order chi connectivity index (χ1) is 16.2. The minimum absolute atomic E-state index is 0. The summed E-state index contributed by atoms with van der Waals surface area (Å²) in [5.74, 6) is -1.06. The molecule has 0 atom stereocenters. The van der Waals surface area contributed by atoms with Crippen molar-refractivity contribution in [2.45, 2.75) is 4.90 Å². The minimum atomic E-state index is -3.80. The van der Waals surface area contributed by atoms with Gasteiger partial charge in [0.05, 0.1) is 11.6 Å². The molecular weight excluding hydrogens is 738 g/mol. The van der Waals surface area contributed by atoms with Crippen molar-refractivity contribution < 1.29 is 48.7 Å². The van der Waals surface area contributed by atoms with E-state index >= 15 is 0 Å². The molecule has 0 unspecified atom stereocenters. The molecule has 1 aliphatic heterocycles. The third kappa shape index (κ3) is 7.79. The molecule has 0 radical (unpaired) electrons. The van der Waals surface area contributed by atoms with Crippen molar-refractivity contribution in [1.82, 2.24) is 9.21 Å². The number of hydrogen-bond acceptors (Lipinski definition) is 4. The number of carbonyl (C=O) groups excluding carboxylic acids is 1. The zero-order chi connectivity index (χ0) is 24.7. The van der Waals surface area contributed by atoms with Crippen LogP contribution >= 0.6 is 23.2 Å². The van der Waals surface area contributed by atoms with E-state index in [0.29, 0.717) is 10.0 Å². The van der Waals surface area contributed by atoms with Gasteiger partial charge in [0.2, 0.25) is 10.0 Å². The van der Waals surface area contributed by atoms with Crippen LogP contribution < -0.4 is 0 Å². The number of benzene rings is 3. The van der Waals surface area contributed by atoms with Crippen LogP contribution in [-0.4, -0.2) is 49.7 Å². The van der Waals surface area contributed by atoms with E-state index in [0.717, 1.165) is 0 Å². The second kappa shape index (κ2) is 13.4. The standard InChI is InChI=1S/C18H15FN3O3S.C6H3Cl2.U/c19-17-7-2-1-6-16(17)18(23)21-8-10-22(11-9-21)26(24,25)15-5-3-4-14(12-15)13-20;7-5-2-1-3-6(8)4-5;/h1-4,6-7,12H,8-11H2;2-4H;/q2*-1;+2. The molecule has 0 spiro atoms. The van der Waals surface area contributed by atoms with E-state index in [-0.39, 0.29) is 73.3 Å². The summed E-state index contributed by atoms with van der Waals surface area (Å²) in [4.78, 5) is 13.8. The molecule has 0 aromatic heterocycles. The maximum atomic E-state index is 13.8. The van der Waals surface area contributed by atoms with Crippen LogP contribution in [0.15, 0.2) is 65.6 Å². The smallest absolute Gasteiger partial charge is 0.336 e. The Morgan fingerprint density at radius 1 is 1.03 bits per heavy atom. The van der Waals surface area contributed by atoms with Crippen LogP contribution in [0, 0.1) is 60.4 Å². The van der Waals surface area contributed by atoms with Crippen LogP contribution in [0.1, 0.15) is 15.9 Å². The van der Waals surface area contributed by atoms with Gasteiger partial charge in [-0.05, 0) is 17.0 Å². The van der Waals surface area contributed by atoms with Crippen molar-refractivity contribution in [2.75, 3.05) is 26.2 Å². The van der Waals surface area contributed by atoms with Gasteiger partial charge in [-0.2, -0.15) is 69.2 Å². The summed E-state index contributed by atoms with van der Waals surface area (Å²) < 4.78 is 40.4. The molecule has 0 bridgehead atoms. The van der Waals surface area contributed by atoms with Crippen LogP contribution in [0.5, 0.6) is 0 Å². The average molecular weight is 756 g/mol. The molecule has 178 valence electrons. The summed E-state index contributed by atoms with van der Waals surface area (Å²) in [6, 6.07) is 22.1. The molecule has 1 amide bonds. The average Bonchev–Trinajstić information content (AvgIpc) is 2.84. The SMILES string of the molecule is Clc1c[c-]cc(Cl)c1.N#Cc1cc[c-]c(S(=O)(=O)N2CCN(C(=O)c3ccccc3F)CC2)c1.[U+2]. The van der Waals surface area contributed by atoms with Crippen molar-refractivity contribution in [2.24, 2.45) is 0 Å². The van der Waals surface area contributed by atoms with Gasteiger partial charge in [-0.15, -0.1) is 12.1 Å². The van der Waals surface area contributed by atoms with Gasteiger partial charge in [0.25, 0.3) is 5.91 Å². The van der Waals surface area contributed by atoms with E-state index in [1.165, 1.54) is 45.6 Å². The number of piperazine rings is 1. The Balaban J connectivity index is 0.000000409. The van der Waals surface area contributed by atoms with Crippen LogP contribution in [-0.2, 0) is 10.0 Å². The van der Waals surface area contributed by atoms with Gasteiger partial charge in [0, 0.05) is 26.2 Å². The number of nitrogens with zero attached hydrogens (tertiary/aromatic N) is 3. The molecule has 6 nitrogen and oxygen atoms in total. The normalized spacial score (nSPS) is 13.6. The Bertz CT molecular complexity index is 1310. The number of carbonyl (C=O) groups is 1. The first-order valence-corrected chi connectivity index (χ1v) is 12.2. The minimum Gasteiger partial charge on any atom is -0.336 e. The van der Waals surface area contributed by atoms with E-state index in [2.05, 4.69) is 12.1 Å². The summed E-state index contributed by atoms with van der Waals surface area (Å²) in [6.45, 7) is 0.495. The van der Waals surface area contributed by atoms with E-state index in [9.17, 15) is 17.6 Å². The second-order valence-corrected chi connectivity index (χ2v) is 9.88. The van der Waals surface area contributed by atoms with Crippen molar-refractivity contribution >= 4 is 39.1 Å². The van der Waals surface area contributed by atoms with Gasteiger partial charge in [0.15, 0.2) is 0 Å².